The molecule has 3 nitrogen and oxygen atoms in total. The third-order valence-corrected chi connectivity index (χ3v) is 11.2. The fourth-order valence-electron chi connectivity index (χ4n) is 4.59. The molecular weight excluding hydrogens is 374 g/mol. The quantitative estimate of drug-likeness (QED) is 0.568. The van der Waals surface area contributed by atoms with Crippen molar-refractivity contribution in [2.45, 2.75) is 31.5 Å². The Bertz CT molecular complexity index is 945. The Morgan fingerprint density at radius 2 is 1.52 bits per heavy atom. The van der Waals surface area contributed by atoms with E-state index in [0.717, 1.165) is 6.54 Å². The van der Waals surface area contributed by atoms with Crippen molar-refractivity contribution in [1.82, 2.24) is 5.32 Å². The first-order valence-corrected chi connectivity index (χ1v) is 12.2. The first kappa shape index (κ1) is 20.0. The van der Waals surface area contributed by atoms with Gasteiger partial charge in [-0.3, -0.25) is 0 Å². The second kappa shape index (κ2) is 8.25. The Hall–Kier alpha value is -2.24. The summed E-state index contributed by atoms with van der Waals surface area (Å²) >= 11 is 0. The molecule has 29 heavy (non-hydrogen) atoms. The molecule has 150 valence electrons. The molecule has 2 atom stereocenters. The molecule has 1 unspecified atom stereocenters. The van der Waals surface area contributed by atoms with E-state index in [-0.39, 0.29) is 17.7 Å². The van der Waals surface area contributed by atoms with Crippen LogP contribution >= 0.6 is 0 Å². The molecule has 0 fully saturated rings. The van der Waals surface area contributed by atoms with Gasteiger partial charge in [0.25, 0.3) is 8.32 Å². The number of hydrogen-bond donors (Lipinski definition) is 2. The van der Waals surface area contributed by atoms with Gasteiger partial charge < -0.3 is 14.8 Å². The van der Waals surface area contributed by atoms with Crippen LogP contribution in [0.1, 0.15) is 25.0 Å². The van der Waals surface area contributed by atoms with E-state index >= 15 is 0 Å². The van der Waals surface area contributed by atoms with Crippen LogP contribution in [0.5, 0.6) is 0 Å². The smallest absolute Gasteiger partial charge is 0.266 e. The summed E-state index contributed by atoms with van der Waals surface area (Å²) in [5.41, 5.74) is 2.59. The van der Waals surface area contributed by atoms with Crippen molar-refractivity contribution >= 4 is 18.7 Å². The van der Waals surface area contributed by atoms with Crippen LogP contribution in [0.4, 0.5) is 0 Å². The highest BCUT2D eigenvalue weighted by atomic mass is 28.4. The molecule has 0 aliphatic carbocycles. The number of aliphatic hydroxyl groups excluding tert-OH is 1. The minimum absolute atomic E-state index is 0.0234. The predicted molar refractivity (Wildman–Crippen MR) is 121 cm³/mol. The number of fused-ring (bicyclic) bond motifs is 1. The molecule has 3 aromatic rings. The van der Waals surface area contributed by atoms with Gasteiger partial charge in [-0.15, -0.1) is 0 Å². The molecule has 0 aromatic heterocycles. The highest BCUT2D eigenvalue weighted by molar-refractivity contribution is 7.03. The number of rotatable bonds is 8. The summed E-state index contributed by atoms with van der Waals surface area (Å²) in [5, 5.41) is 16.0. The Labute approximate surface area is 174 Å². The normalized spacial score (nSPS) is 20.5. The van der Waals surface area contributed by atoms with Gasteiger partial charge in [0.2, 0.25) is 0 Å². The average molecular weight is 404 g/mol. The number of aliphatic hydroxyl groups is 1. The van der Waals surface area contributed by atoms with Crippen molar-refractivity contribution < 1.29 is 9.53 Å². The molecule has 1 aliphatic rings. The number of benzene rings is 3. The second-order valence-electron chi connectivity index (χ2n) is 8.27. The summed E-state index contributed by atoms with van der Waals surface area (Å²) in [4.78, 5) is 0. The Kier molecular flexibility index (Phi) is 5.70. The topological polar surface area (TPSA) is 41.5 Å². The van der Waals surface area contributed by atoms with Crippen LogP contribution in [0.25, 0.3) is 0 Å². The van der Waals surface area contributed by atoms with E-state index in [0.29, 0.717) is 6.61 Å². The average Bonchev–Trinajstić information content (AvgIpc) is 2.77. The molecule has 1 aliphatic heterocycles. The van der Waals surface area contributed by atoms with Crippen LogP contribution in [0, 0.1) is 0 Å². The van der Waals surface area contributed by atoms with Crippen molar-refractivity contribution in [2.24, 2.45) is 0 Å². The van der Waals surface area contributed by atoms with E-state index in [4.69, 9.17) is 4.43 Å². The Morgan fingerprint density at radius 1 is 0.897 bits per heavy atom. The lowest BCUT2D eigenvalue weighted by Gasteiger charge is -2.55. The van der Waals surface area contributed by atoms with Crippen molar-refractivity contribution in [3.63, 3.8) is 0 Å². The standard InChI is InChI=1S/C25H29NO2Si/c1-25(2)23-15-9-10-16-24(23)29(25,22-13-7-4-8-14-22)28-19-21(18-27)26-17-20-11-5-3-6-12-20/h3-16,21,26-27H,17-19H2,1-2H3/t21-,29?/m0/s1. The highest BCUT2D eigenvalue weighted by Gasteiger charge is 2.63. The van der Waals surface area contributed by atoms with Gasteiger partial charge in [-0.2, -0.15) is 0 Å². The molecule has 0 bridgehead atoms. The van der Waals surface area contributed by atoms with E-state index in [1.807, 2.05) is 18.2 Å². The fourth-order valence-corrected chi connectivity index (χ4v) is 9.61. The zero-order valence-corrected chi connectivity index (χ0v) is 18.1. The molecule has 0 spiro atoms. The third-order valence-electron chi connectivity index (χ3n) is 6.20. The maximum Gasteiger partial charge on any atom is 0.266 e. The molecular formula is C25H29NO2Si. The molecule has 0 saturated heterocycles. The van der Waals surface area contributed by atoms with Crippen LogP contribution in [-0.4, -0.2) is 32.7 Å². The Morgan fingerprint density at radius 3 is 2.21 bits per heavy atom. The largest absolute Gasteiger partial charge is 0.405 e. The summed E-state index contributed by atoms with van der Waals surface area (Å²) in [6, 6.07) is 29.5. The fraction of sp³-hybridized carbons (Fsp3) is 0.280. The van der Waals surface area contributed by atoms with E-state index < -0.39 is 8.32 Å². The predicted octanol–water partition coefficient (Wildman–Crippen LogP) is 2.74. The number of nitrogens with one attached hydrogen (secondary N) is 1. The van der Waals surface area contributed by atoms with E-state index in [2.05, 4.69) is 85.9 Å². The molecule has 3 aromatic carbocycles. The number of hydrogen-bond acceptors (Lipinski definition) is 3. The monoisotopic (exact) mass is 403 g/mol. The van der Waals surface area contributed by atoms with Gasteiger partial charge in [0.15, 0.2) is 0 Å². The molecule has 4 rings (SSSR count). The van der Waals surface area contributed by atoms with E-state index in [1.54, 1.807) is 0 Å². The first-order chi connectivity index (χ1) is 14.1. The van der Waals surface area contributed by atoms with Crippen LogP contribution in [0.3, 0.4) is 0 Å². The maximum atomic E-state index is 9.96. The lowest BCUT2D eigenvalue weighted by molar-refractivity contribution is 0.174. The molecule has 0 amide bonds. The lowest BCUT2D eigenvalue weighted by atomic mass is 10.0. The van der Waals surface area contributed by atoms with Gasteiger partial charge in [0.1, 0.15) is 0 Å². The zero-order chi connectivity index (χ0) is 20.3. The summed E-state index contributed by atoms with van der Waals surface area (Å²) < 4.78 is 6.85. The van der Waals surface area contributed by atoms with Gasteiger partial charge in [-0.25, -0.2) is 0 Å². The van der Waals surface area contributed by atoms with Crippen molar-refractivity contribution in [3.8, 4) is 0 Å². The summed E-state index contributed by atoms with van der Waals surface area (Å²) in [5.74, 6) is 0. The maximum absolute atomic E-state index is 9.96. The van der Waals surface area contributed by atoms with Gasteiger partial charge in [-0.1, -0.05) is 98.8 Å². The summed E-state index contributed by atoms with van der Waals surface area (Å²) in [6.45, 7) is 5.87. The molecule has 0 saturated carbocycles. The van der Waals surface area contributed by atoms with Crippen molar-refractivity contribution in [2.75, 3.05) is 13.2 Å². The lowest BCUT2D eigenvalue weighted by Crippen LogP contribution is -2.81. The summed E-state index contributed by atoms with van der Waals surface area (Å²) in [7, 11) is -2.41. The van der Waals surface area contributed by atoms with Crippen molar-refractivity contribution in [1.29, 1.82) is 0 Å². The summed E-state index contributed by atoms with van der Waals surface area (Å²) in [6.07, 6.45) is 0. The minimum Gasteiger partial charge on any atom is -0.405 e. The zero-order valence-electron chi connectivity index (χ0n) is 17.1. The van der Waals surface area contributed by atoms with Crippen LogP contribution in [-0.2, 0) is 16.0 Å². The van der Waals surface area contributed by atoms with Crippen LogP contribution in [0.2, 0.25) is 0 Å². The molecule has 4 heteroatoms. The highest BCUT2D eigenvalue weighted by Crippen LogP contribution is 2.42. The van der Waals surface area contributed by atoms with E-state index in [1.165, 1.54) is 21.5 Å². The molecule has 1 heterocycles. The third kappa shape index (κ3) is 3.47. The second-order valence-corrected chi connectivity index (χ2v) is 12.3. The SMILES string of the molecule is CC1(C)c2ccccc2[Si]1(OC[C@H](CO)NCc1ccccc1)c1ccccc1. The first-order valence-electron chi connectivity index (χ1n) is 10.3. The Balaban J connectivity index is 1.58. The van der Waals surface area contributed by atoms with Gasteiger partial charge in [-0.05, 0) is 21.5 Å². The van der Waals surface area contributed by atoms with Gasteiger partial charge >= 0.3 is 0 Å². The molecule has 0 radical (unpaired) electrons. The van der Waals surface area contributed by atoms with Crippen molar-refractivity contribution in [3.05, 3.63) is 96.1 Å². The molecule has 2 N–H and O–H groups in total. The van der Waals surface area contributed by atoms with Gasteiger partial charge in [0, 0.05) is 11.6 Å². The van der Waals surface area contributed by atoms with Crippen LogP contribution in [0.15, 0.2) is 84.9 Å². The van der Waals surface area contributed by atoms with Gasteiger partial charge in [0.05, 0.1) is 19.3 Å². The van der Waals surface area contributed by atoms with E-state index in [9.17, 15) is 5.11 Å². The van der Waals surface area contributed by atoms with Crippen LogP contribution < -0.4 is 15.7 Å². The minimum atomic E-state index is -2.41.